The topological polar surface area (TPSA) is 70.7 Å². The number of nitrogens with one attached hydrogen (secondary N) is 2. The summed E-state index contributed by atoms with van der Waals surface area (Å²) in [4.78, 5) is 15.2. The predicted octanol–water partition coefficient (Wildman–Crippen LogP) is 0.638. The van der Waals surface area contributed by atoms with Gasteiger partial charge in [-0.1, -0.05) is 13.8 Å². The first-order chi connectivity index (χ1) is 6.11. The molecule has 2 N–H and O–H groups in total. The van der Waals surface area contributed by atoms with Gasteiger partial charge in [-0.2, -0.15) is 5.10 Å². The van der Waals surface area contributed by atoms with Crippen LogP contribution in [0, 0.1) is 5.92 Å². The van der Waals surface area contributed by atoms with Gasteiger partial charge in [0.2, 0.25) is 5.91 Å². The van der Waals surface area contributed by atoms with Crippen LogP contribution in [0.2, 0.25) is 0 Å². The van der Waals surface area contributed by atoms with Crippen molar-refractivity contribution < 1.29 is 4.79 Å². The van der Waals surface area contributed by atoms with Crippen molar-refractivity contribution in [1.29, 1.82) is 0 Å². The van der Waals surface area contributed by atoms with Crippen LogP contribution in [0.5, 0.6) is 0 Å². The van der Waals surface area contributed by atoms with Gasteiger partial charge >= 0.3 is 0 Å². The maximum atomic E-state index is 11.3. The lowest BCUT2D eigenvalue weighted by atomic mass is 10.2. The number of aromatic nitrogens is 3. The SMILES string of the molecule is CC(C)C(=O)NC(C)c1ncn[nH]1. The second kappa shape index (κ2) is 4.02. The average Bonchev–Trinajstić information content (AvgIpc) is 2.55. The molecule has 5 nitrogen and oxygen atoms in total. The second-order valence-electron chi connectivity index (χ2n) is 3.26. The van der Waals surface area contributed by atoms with E-state index in [0.29, 0.717) is 5.82 Å². The maximum absolute atomic E-state index is 11.3. The molecule has 1 unspecified atom stereocenters. The highest BCUT2D eigenvalue weighted by Crippen LogP contribution is 2.05. The predicted molar refractivity (Wildman–Crippen MR) is 47.8 cm³/mol. The third-order valence-electron chi connectivity index (χ3n) is 1.73. The first kappa shape index (κ1) is 9.70. The average molecular weight is 182 g/mol. The minimum absolute atomic E-state index is 0.00892. The molecule has 1 heterocycles. The zero-order valence-corrected chi connectivity index (χ0v) is 8.03. The molecule has 0 aliphatic heterocycles. The number of carbonyl (C=O) groups is 1. The number of aromatic amines is 1. The molecule has 1 aromatic rings. The van der Waals surface area contributed by atoms with Crippen molar-refractivity contribution in [3.63, 3.8) is 0 Å². The largest absolute Gasteiger partial charge is 0.346 e. The fraction of sp³-hybridized carbons (Fsp3) is 0.625. The lowest BCUT2D eigenvalue weighted by Crippen LogP contribution is -2.30. The van der Waals surface area contributed by atoms with E-state index in [2.05, 4.69) is 20.5 Å². The van der Waals surface area contributed by atoms with E-state index < -0.39 is 0 Å². The van der Waals surface area contributed by atoms with Crippen LogP contribution < -0.4 is 5.32 Å². The van der Waals surface area contributed by atoms with Crippen molar-refractivity contribution in [2.45, 2.75) is 26.8 Å². The van der Waals surface area contributed by atoms with Crippen LogP contribution in [0.15, 0.2) is 6.33 Å². The standard InChI is InChI=1S/C8H14N4O/c1-5(2)8(13)11-6(3)7-9-4-10-12-7/h4-6H,1-3H3,(H,11,13)(H,9,10,12). The molecule has 0 bridgehead atoms. The molecule has 0 aliphatic rings. The van der Waals surface area contributed by atoms with E-state index in [0.717, 1.165) is 0 Å². The van der Waals surface area contributed by atoms with Crippen LogP contribution in [0.3, 0.4) is 0 Å². The quantitative estimate of drug-likeness (QED) is 0.720. The zero-order valence-electron chi connectivity index (χ0n) is 8.03. The normalized spacial score (nSPS) is 12.9. The van der Waals surface area contributed by atoms with Gasteiger partial charge < -0.3 is 5.32 Å². The Bertz CT molecular complexity index is 268. The minimum atomic E-state index is -0.114. The van der Waals surface area contributed by atoms with Gasteiger partial charge in [-0.05, 0) is 6.92 Å². The van der Waals surface area contributed by atoms with E-state index in [1.165, 1.54) is 6.33 Å². The summed E-state index contributed by atoms with van der Waals surface area (Å²) in [5.74, 6) is 0.684. The molecule has 1 atom stereocenters. The van der Waals surface area contributed by atoms with Crippen molar-refractivity contribution in [1.82, 2.24) is 20.5 Å². The third-order valence-corrected chi connectivity index (χ3v) is 1.73. The summed E-state index contributed by atoms with van der Waals surface area (Å²) < 4.78 is 0. The molecule has 72 valence electrons. The Hall–Kier alpha value is -1.39. The van der Waals surface area contributed by atoms with Crippen molar-refractivity contribution in [2.24, 2.45) is 5.92 Å². The maximum Gasteiger partial charge on any atom is 0.223 e. The summed E-state index contributed by atoms with van der Waals surface area (Å²) in [5.41, 5.74) is 0. The molecule has 0 aliphatic carbocycles. The van der Waals surface area contributed by atoms with E-state index in [1.54, 1.807) is 0 Å². The number of hydrogen-bond acceptors (Lipinski definition) is 3. The summed E-state index contributed by atoms with van der Waals surface area (Å²) in [6.45, 7) is 5.56. The fourth-order valence-electron chi connectivity index (χ4n) is 0.872. The highest BCUT2D eigenvalue weighted by atomic mass is 16.1. The van der Waals surface area contributed by atoms with Gasteiger partial charge in [-0.25, -0.2) is 4.98 Å². The van der Waals surface area contributed by atoms with E-state index in [-0.39, 0.29) is 17.9 Å². The van der Waals surface area contributed by atoms with Crippen molar-refractivity contribution in [3.05, 3.63) is 12.2 Å². The number of rotatable bonds is 3. The number of nitrogens with zero attached hydrogens (tertiary/aromatic N) is 2. The molecule has 13 heavy (non-hydrogen) atoms. The number of H-pyrrole nitrogens is 1. The first-order valence-electron chi connectivity index (χ1n) is 4.27. The molecule has 0 fully saturated rings. The highest BCUT2D eigenvalue weighted by molar-refractivity contribution is 5.78. The Balaban J connectivity index is 2.51. The van der Waals surface area contributed by atoms with Gasteiger partial charge in [0, 0.05) is 5.92 Å². The van der Waals surface area contributed by atoms with Crippen LogP contribution in [-0.4, -0.2) is 21.1 Å². The van der Waals surface area contributed by atoms with E-state index in [9.17, 15) is 4.79 Å². The second-order valence-corrected chi connectivity index (χ2v) is 3.26. The summed E-state index contributed by atoms with van der Waals surface area (Å²) >= 11 is 0. The summed E-state index contributed by atoms with van der Waals surface area (Å²) in [5, 5.41) is 9.22. The van der Waals surface area contributed by atoms with Gasteiger partial charge in [0.05, 0.1) is 6.04 Å². The fourth-order valence-corrected chi connectivity index (χ4v) is 0.872. The molecule has 1 aromatic heterocycles. The number of hydrogen-bond donors (Lipinski definition) is 2. The third kappa shape index (κ3) is 2.54. The molecular formula is C8H14N4O. The van der Waals surface area contributed by atoms with Gasteiger partial charge in [-0.3, -0.25) is 9.89 Å². The smallest absolute Gasteiger partial charge is 0.223 e. The van der Waals surface area contributed by atoms with Crippen molar-refractivity contribution in [2.75, 3.05) is 0 Å². The van der Waals surface area contributed by atoms with Gasteiger partial charge in [-0.15, -0.1) is 0 Å². The Kier molecular flexibility index (Phi) is 3.00. The molecule has 1 rings (SSSR count). The molecule has 0 saturated carbocycles. The molecular weight excluding hydrogens is 168 g/mol. The van der Waals surface area contributed by atoms with Crippen LogP contribution in [0.25, 0.3) is 0 Å². The van der Waals surface area contributed by atoms with Gasteiger partial charge in [0.25, 0.3) is 0 Å². The van der Waals surface area contributed by atoms with E-state index >= 15 is 0 Å². The minimum Gasteiger partial charge on any atom is -0.346 e. The summed E-state index contributed by atoms with van der Waals surface area (Å²) in [6.07, 6.45) is 1.42. The van der Waals surface area contributed by atoms with Crippen LogP contribution >= 0.6 is 0 Å². The van der Waals surface area contributed by atoms with Crippen molar-refractivity contribution >= 4 is 5.91 Å². The lowest BCUT2D eigenvalue weighted by molar-refractivity contribution is -0.124. The molecule has 5 heteroatoms. The molecule has 1 amide bonds. The lowest BCUT2D eigenvalue weighted by Gasteiger charge is -2.12. The molecule has 0 aromatic carbocycles. The van der Waals surface area contributed by atoms with Crippen LogP contribution in [0.1, 0.15) is 32.6 Å². The van der Waals surface area contributed by atoms with Crippen LogP contribution in [0.4, 0.5) is 0 Å². The van der Waals surface area contributed by atoms with Gasteiger partial charge in [0.15, 0.2) is 0 Å². The van der Waals surface area contributed by atoms with Gasteiger partial charge in [0.1, 0.15) is 12.2 Å². The Morgan fingerprint density at radius 1 is 1.54 bits per heavy atom. The van der Waals surface area contributed by atoms with E-state index in [1.807, 2.05) is 20.8 Å². The first-order valence-corrected chi connectivity index (χ1v) is 4.27. The Morgan fingerprint density at radius 2 is 2.23 bits per heavy atom. The molecule has 0 spiro atoms. The highest BCUT2D eigenvalue weighted by Gasteiger charge is 2.13. The van der Waals surface area contributed by atoms with Crippen LogP contribution in [-0.2, 0) is 4.79 Å². The monoisotopic (exact) mass is 182 g/mol. The van der Waals surface area contributed by atoms with Crippen molar-refractivity contribution in [3.8, 4) is 0 Å². The Labute approximate surface area is 76.9 Å². The summed E-state index contributed by atoms with van der Waals surface area (Å²) in [7, 11) is 0. The number of amides is 1. The molecule has 0 radical (unpaired) electrons. The number of carbonyl (C=O) groups excluding carboxylic acids is 1. The Morgan fingerprint density at radius 3 is 2.69 bits per heavy atom. The zero-order chi connectivity index (χ0) is 9.84. The van der Waals surface area contributed by atoms with E-state index in [4.69, 9.17) is 0 Å². The molecule has 0 saturated heterocycles. The summed E-state index contributed by atoms with van der Waals surface area (Å²) in [6, 6.07) is -0.114.